The van der Waals surface area contributed by atoms with E-state index in [9.17, 15) is 4.79 Å². The molecular formula is C11H15NO2S. The van der Waals surface area contributed by atoms with E-state index >= 15 is 0 Å². The van der Waals surface area contributed by atoms with Gasteiger partial charge in [-0.2, -0.15) is 0 Å². The largest absolute Gasteiger partial charge is 0.468 e. The standard InChI is InChI=1S/C11H15NO2S/c1-14-11(13)8-15-7-10(12)9-5-3-2-4-6-9/h2-6,10H,7-8,12H2,1H3. The van der Waals surface area contributed by atoms with E-state index in [1.807, 2.05) is 30.3 Å². The maximum absolute atomic E-state index is 10.8. The quantitative estimate of drug-likeness (QED) is 0.773. The zero-order valence-corrected chi connectivity index (χ0v) is 9.50. The van der Waals surface area contributed by atoms with Crippen LogP contribution in [0.4, 0.5) is 0 Å². The topological polar surface area (TPSA) is 52.3 Å². The van der Waals surface area contributed by atoms with Gasteiger partial charge >= 0.3 is 5.97 Å². The maximum atomic E-state index is 10.8. The first-order valence-corrected chi connectivity index (χ1v) is 5.84. The van der Waals surface area contributed by atoms with E-state index < -0.39 is 0 Å². The highest BCUT2D eigenvalue weighted by Gasteiger charge is 2.07. The molecule has 0 fully saturated rings. The van der Waals surface area contributed by atoms with Gasteiger partial charge in [-0.05, 0) is 5.56 Å². The highest BCUT2D eigenvalue weighted by atomic mass is 32.2. The second kappa shape index (κ2) is 6.48. The van der Waals surface area contributed by atoms with Gasteiger partial charge in [0.1, 0.15) is 0 Å². The molecule has 0 heterocycles. The fourth-order valence-corrected chi connectivity index (χ4v) is 1.97. The molecule has 0 radical (unpaired) electrons. The third-order valence-electron chi connectivity index (χ3n) is 1.97. The number of ether oxygens (including phenoxy) is 1. The predicted octanol–water partition coefficient (Wildman–Crippen LogP) is 1.59. The van der Waals surface area contributed by atoms with E-state index in [0.29, 0.717) is 5.75 Å². The van der Waals surface area contributed by atoms with Crippen molar-refractivity contribution in [3.8, 4) is 0 Å². The summed E-state index contributed by atoms with van der Waals surface area (Å²) in [5.74, 6) is 0.871. The number of esters is 1. The predicted molar refractivity (Wildman–Crippen MR) is 62.7 cm³/mol. The molecule has 15 heavy (non-hydrogen) atoms. The van der Waals surface area contributed by atoms with Crippen molar-refractivity contribution in [2.45, 2.75) is 6.04 Å². The third kappa shape index (κ3) is 4.36. The van der Waals surface area contributed by atoms with Crippen LogP contribution in [-0.2, 0) is 9.53 Å². The summed E-state index contributed by atoms with van der Waals surface area (Å²) in [5.41, 5.74) is 7.04. The molecule has 1 rings (SSSR count). The minimum atomic E-state index is -0.208. The summed E-state index contributed by atoms with van der Waals surface area (Å²) in [5, 5.41) is 0. The Balaban J connectivity index is 2.31. The van der Waals surface area contributed by atoms with Gasteiger partial charge < -0.3 is 10.5 Å². The molecule has 0 saturated carbocycles. The number of thioether (sulfide) groups is 1. The highest BCUT2D eigenvalue weighted by Crippen LogP contribution is 2.15. The number of nitrogens with two attached hydrogens (primary N) is 1. The molecule has 1 aromatic rings. The Hall–Kier alpha value is -1.00. The first-order chi connectivity index (χ1) is 7.24. The van der Waals surface area contributed by atoms with Crippen LogP contribution in [0.2, 0.25) is 0 Å². The lowest BCUT2D eigenvalue weighted by Crippen LogP contribution is -2.14. The molecule has 0 aliphatic rings. The number of hydrogen-bond donors (Lipinski definition) is 1. The summed E-state index contributed by atoms with van der Waals surface area (Å²) >= 11 is 1.49. The third-order valence-corrected chi connectivity index (χ3v) is 3.01. The van der Waals surface area contributed by atoms with Crippen molar-refractivity contribution in [2.24, 2.45) is 5.73 Å². The lowest BCUT2D eigenvalue weighted by Gasteiger charge is -2.10. The van der Waals surface area contributed by atoms with Crippen molar-refractivity contribution < 1.29 is 9.53 Å². The van der Waals surface area contributed by atoms with Gasteiger partial charge in [0.15, 0.2) is 0 Å². The van der Waals surface area contributed by atoms with Crippen LogP contribution < -0.4 is 5.73 Å². The maximum Gasteiger partial charge on any atom is 0.315 e. The van der Waals surface area contributed by atoms with Gasteiger partial charge in [0.05, 0.1) is 12.9 Å². The number of hydrogen-bond acceptors (Lipinski definition) is 4. The molecule has 1 aromatic carbocycles. The summed E-state index contributed by atoms with van der Waals surface area (Å²) in [6.07, 6.45) is 0. The van der Waals surface area contributed by atoms with Gasteiger partial charge in [-0.15, -0.1) is 11.8 Å². The van der Waals surface area contributed by atoms with Crippen molar-refractivity contribution in [1.29, 1.82) is 0 Å². The molecular weight excluding hydrogens is 210 g/mol. The summed E-state index contributed by atoms with van der Waals surface area (Å²) in [6.45, 7) is 0. The fourth-order valence-electron chi connectivity index (χ4n) is 1.12. The van der Waals surface area contributed by atoms with E-state index in [1.165, 1.54) is 18.9 Å². The zero-order chi connectivity index (χ0) is 11.1. The van der Waals surface area contributed by atoms with E-state index in [1.54, 1.807) is 0 Å². The zero-order valence-electron chi connectivity index (χ0n) is 8.68. The molecule has 0 saturated heterocycles. The summed E-state index contributed by atoms with van der Waals surface area (Å²) in [7, 11) is 1.39. The SMILES string of the molecule is COC(=O)CSCC(N)c1ccccc1. The van der Waals surface area contributed by atoms with Crippen molar-refractivity contribution >= 4 is 17.7 Å². The van der Waals surface area contributed by atoms with Gasteiger partial charge in [0.2, 0.25) is 0 Å². The fraction of sp³-hybridized carbons (Fsp3) is 0.364. The lowest BCUT2D eigenvalue weighted by atomic mass is 10.1. The van der Waals surface area contributed by atoms with Crippen molar-refractivity contribution in [1.82, 2.24) is 0 Å². The summed E-state index contributed by atoms with van der Waals surface area (Å²) in [6, 6.07) is 9.83. The van der Waals surface area contributed by atoms with Crippen LogP contribution in [0.15, 0.2) is 30.3 Å². The van der Waals surface area contributed by atoms with Crippen molar-refractivity contribution in [2.75, 3.05) is 18.6 Å². The Bertz CT molecular complexity index is 303. The van der Waals surface area contributed by atoms with E-state index in [4.69, 9.17) is 5.73 Å². The molecule has 4 heteroatoms. The smallest absolute Gasteiger partial charge is 0.315 e. The molecule has 1 unspecified atom stereocenters. The molecule has 0 amide bonds. The van der Waals surface area contributed by atoms with E-state index in [2.05, 4.69) is 4.74 Å². The molecule has 0 aliphatic carbocycles. The van der Waals surface area contributed by atoms with Crippen LogP contribution in [0.3, 0.4) is 0 Å². The molecule has 82 valence electrons. The lowest BCUT2D eigenvalue weighted by molar-refractivity contribution is -0.137. The van der Waals surface area contributed by atoms with Gasteiger partial charge in [0, 0.05) is 11.8 Å². The van der Waals surface area contributed by atoms with Gasteiger partial charge in [-0.25, -0.2) is 0 Å². The van der Waals surface area contributed by atoms with Crippen molar-refractivity contribution in [3.05, 3.63) is 35.9 Å². The van der Waals surface area contributed by atoms with Crippen LogP contribution in [-0.4, -0.2) is 24.6 Å². The minimum absolute atomic E-state index is 0.0270. The van der Waals surface area contributed by atoms with E-state index in [-0.39, 0.29) is 12.0 Å². The van der Waals surface area contributed by atoms with Gasteiger partial charge in [0.25, 0.3) is 0 Å². The van der Waals surface area contributed by atoms with Crippen LogP contribution in [0.25, 0.3) is 0 Å². The van der Waals surface area contributed by atoms with Gasteiger partial charge in [-0.1, -0.05) is 30.3 Å². The minimum Gasteiger partial charge on any atom is -0.468 e. The molecule has 3 nitrogen and oxygen atoms in total. The average molecular weight is 225 g/mol. The number of benzene rings is 1. The van der Waals surface area contributed by atoms with Crippen LogP contribution in [0, 0.1) is 0 Å². The molecule has 0 spiro atoms. The monoisotopic (exact) mass is 225 g/mol. The second-order valence-corrected chi connectivity index (χ2v) is 4.14. The summed E-state index contributed by atoms with van der Waals surface area (Å²) in [4.78, 5) is 10.8. The molecule has 0 bridgehead atoms. The molecule has 0 aliphatic heterocycles. The van der Waals surface area contributed by atoms with Crippen LogP contribution in [0.1, 0.15) is 11.6 Å². The Morgan fingerprint density at radius 2 is 2.13 bits per heavy atom. The molecule has 0 aromatic heterocycles. The van der Waals surface area contributed by atoms with E-state index in [0.717, 1.165) is 11.3 Å². The van der Waals surface area contributed by atoms with Crippen LogP contribution >= 0.6 is 11.8 Å². The first-order valence-electron chi connectivity index (χ1n) is 4.69. The summed E-state index contributed by atoms with van der Waals surface area (Å²) < 4.78 is 4.54. The first kappa shape index (κ1) is 12.1. The van der Waals surface area contributed by atoms with Gasteiger partial charge in [-0.3, -0.25) is 4.79 Å². The number of carbonyl (C=O) groups excluding carboxylic acids is 1. The normalized spacial score (nSPS) is 12.1. The van der Waals surface area contributed by atoms with Crippen LogP contribution in [0.5, 0.6) is 0 Å². The number of carbonyl (C=O) groups is 1. The molecule has 2 N–H and O–H groups in total. The number of methoxy groups -OCH3 is 1. The Morgan fingerprint density at radius 3 is 2.73 bits per heavy atom. The Morgan fingerprint density at radius 1 is 1.47 bits per heavy atom. The van der Waals surface area contributed by atoms with Crippen molar-refractivity contribution in [3.63, 3.8) is 0 Å². The highest BCUT2D eigenvalue weighted by molar-refractivity contribution is 7.99. The molecule has 1 atom stereocenters. The Kier molecular flexibility index (Phi) is 5.21. The average Bonchev–Trinajstić information content (AvgIpc) is 2.29. The Labute approximate surface area is 94.0 Å². The number of rotatable bonds is 5. The second-order valence-electron chi connectivity index (χ2n) is 3.11.